The van der Waals surface area contributed by atoms with E-state index in [9.17, 15) is 25.5 Å². The molecular formula is C20H28O6. The van der Waals surface area contributed by atoms with Crippen LogP contribution < -0.4 is 0 Å². The van der Waals surface area contributed by atoms with Gasteiger partial charge in [0.1, 0.15) is 11.5 Å². The molecular weight excluding hydrogens is 336 g/mol. The van der Waals surface area contributed by atoms with Gasteiger partial charge in [-0.15, -0.1) is 0 Å². The topological polar surface area (TPSA) is 110 Å². The number of fused-ring (bicyclic) bond motifs is 2. The summed E-state index contributed by atoms with van der Waals surface area (Å²) >= 11 is 0. The van der Waals surface area contributed by atoms with Crippen molar-refractivity contribution in [1.29, 1.82) is 0 Å². The van der Waals surface area contributed by atoms with E-state index in [1.807, 2.05) is 19.9 Å². The normalized spacial score (nSPS) is 59.7. The Hall–Kier alpha value is -0.760. The predicted molar refractivity (Wildman–Crippen MR) is 91.6 cm³/mol. The lowest BCUT2D eigenvalue weighted by Crippen LogP contribution is -2.83. The molecule has 26 heavy (non-hydrogen) atoms. The lowest BCUT2D eigenvalue weighted by molar-refractivity contribution is -0.428. The van der Waals surface area contributed by atoms with Gasteiger partial charge in [-0.1, -0.05) is 26.5 Å². The first-order valence-electron chi connectivity index (χ1n) is 9.55. The van der Waals surface area contributed by atoms with E-state index in [1.54, 1.807) is 0 Å². The highest BCUT2D eigenvalue weighted by Crippen LogP contribution is 2.75. The fourth-order valence-corrected chi connectivity index (χ4v) is 7.40. The summed E-state index contributed by atoms with van der Waals surface area (Å²) in [7, 11) is 0. The van der Waals surface area contributed by atoms with Crippen LogP contribution in [0.2, 0.25) is 0 Å². The Morgan fingerprint density at radius 2 is 1.85 bits per heavy atom. The van der Waals surface area contributed by atoms with Gasteiger partial charge in [0, 0.05) is 17.3 Å². The van der Waals surface area contributed by atoms with E-state index in [-0.39, 0.29) is 12.0 Å². The molecule has 4 bridgehead atoms. The second-order valence-electron chi connectivity index (χ2n) is 9.74. The minimum atomic E-state index is -2.11. The fraction of sp³-hybridized carbons (Fsp3) is 0.800. The van der Waals surface area contributed by atoms with Gasteiger partial charge in [0.25, 0.3) is 0 Å². The average molecular weight is 364 g/mol. The zero-order chi connectivity index (χ0) is 18.9. The Bertz CT molecular complexity index is 730. The van der Waals surface area contributed by atoms with Gasteiger partial charge in [0.2, 0.25) is 5.79 Å². The Morgan fingerprint density at radius 3 is 2.54 bits per heavy atom. The molecule has 2 aliphatic heterocycles. The maximum absolute atomic E-state index is 11.6. The first kappa shape index (κ1) is 17.3. The third-order valence-electron chi connectivity index (χ3n) is 8.52. The minimum absolute atomic E-state index is 0.0694. The molecule has 2 spiro atoms. The van der Waals surface area contributed by atoms with Crippen LogP contribution in [0.5, 0.6) is 0 Å². The van der Waals surface area contributed by atoms with Crippen LogP contribution in [0.3, 0.4) is 0 Å². The SMILES string of the molecule is C=C1[C@@H](O)[C@@]23C(=CC[C@@H]1[C@H]2O)[C@@]12CO[C@@]3(O)[C@@H](O)[C@@H]1C(C)(C)CC[C@@H]2O. The first-order valence-corrected chi connectivity index (χ1v) is 9.55. The van der Waals surface area contributed by atoms with Crippen LogP contribution in [0.4, 0.5) is 0 Å². The van der Waals surface area contributed by atoms with Crippen molar-refractivity contribution >= 4 is 0 Å². The molecule has 6 aliphatic rings. The van der Waals surface area contributed by atoms with Crippen molar-refractivity contribution in [3.8, 4) is 0 Å². The molecule has 5 N–H and O–H groups in total. The highest BCUT2D eigenvalue weighted by atomic mass is 16.6. The van der Waals surface area contributed by atoms with Crippen molar-refractivity contribution < 1.29 is 30.3 Å². The van der Waals surface area contributed by atoms with Crippen molar-refractivity contribution in [2.24, 2.45) is 28.1 Å². The first-order chi connectivity index (χ1) is 12.1. The van der Waals surface area contributed by atoms with E-state index in [0.29, 0.717) is 30.4 Å². The van der Waals surface area contributed by atoms with Gasteiger partial charge in [0.15, 0.2) is 0 Å². The molecule has 0 aromatic carbocycles. The highest BCUT2D eigenvalue weighted by Gasteiger charge is 2.84. The number of ether oxygens (including phenoxy) is 1. The fourth-order valence-electron chi connectivity index (χ4n) is 7.40. The summed E-state index contributed by atoms with van der Waals surface area (Å²) in [4.78, 5) is 0. The van der Waals surface area contributed by atoms with Crippen LogP contribution >= 0.6 is 0 Å². The summed E-state index contributed by atoms with van der Waals surface area (Å²) in [5.41, 5.74) is -1.72. The van der Waals surface area contributed by atoms with Crippen LogP contribution in [0, 0.1) is 28.1 Å². The van der Waals surface area contributed by atoms with Crippen molar-refractivity contribution in [2.75, 3.05) is 6.61 Å². The number of aliphatic hydroxyl groups excluding tert-OH is 4. The highest BCUT2D eigenvalue weighted by molar-refractivity contribution is 5.50. The molecule has 6 nitrogen and oxygen atoms in total. The van der Waals surface area contributed by atoms with E-state index in [1.165, 1.54) is 0 Å². The number of hydrogen-bond donors (Lipinski definition) is 5. The van der Waals surface area contributed by atoms with Crippen molar-refractivity contribution in [3.63, 3.8) is 0 Å². The molecule has 4 aliphatic carbocycles. The molecule has 0 aromatic rings. The summed E-state index contributed by atoms with van der Waals surface area (Å²) < 4.78 is 5.82. The van der Waals surface area contributed by atoms with Crippen molar-refractivity contribution in [2.45, 2.75) is 63.3 Å². The minimum Gasteiger partial charge on any atom is -0.392 e. The van der Waals surface area contributed by atoms with Gasteiger partial charge in [-0.3, -0.25) is 0 Å². The monoisotopic (exact) mass is 364 g/mol. The Labute approximate surface area is 152 Å². The quantitative estimate of drug-likeness (QED) is 0.390. The molecule has 2 saturated heterocycles. The molecule has 6 rings (SSSR count). The van der Waals surface area contributed by atoms with Crippen LogP contribution in [0.1, 0.15) is 33.1 Å². The summed E-state index contributed by atoms with van der Waals surface area (Å²) in [6.07, 6.45) is -0.722. The maximum atomic E-state index is 11.6. The molecule has 9 atom stereocenters. The van der Waals surface area contributed by atoms with Crippen LogP contribution in [0.15, 0.2) is 23.8 Å². The lowest BCUT2D eigenvalue weighted by Gasteiger charge is -2.73. The maximum Gasteiger partial charge on any atom is 0.207 e. The summed E-state index contributed by atoms with van der Waals surface area (Å²) in [6.45, 7) is 8.10. The number of aliphatic hydroxyl groups is 5. The summed E-state index contributed by atoms with van der Waals surface area (Å²) in [5.74, 6) is -2.94. The van der Waals surface area contributed by atoms with Gasteiger partial charge < -0.3 is 30.3 Å². The van der Waals surface area contributed by atoms with E-state index in [0.717, 1.165) is 0 Å². The van der Waals surface area contributed by atoms with E-state index < -0.39 is 52.9 Å². The average Bonchev–Trinajstić information content (AvgIpc) is 2.69. The van der Waals surface area contributed by atoms with Crippen LogP contribution in [-0.2, 0) is 4.74 Å². The Balaban J connectivity index is 1.84. The standard InChI is InChI=1S/C20H28O6/c1-9-10-4-5-11-18-8-26-20(25,19(11,14(9)22)15(10)23)16(24)13(18)17(2,3)7-6-12(18)21/h5,10,12-16,21-25H,1,4,6-8H2,2-3H3/t10-,12-,13+,14+,15+,16-,18+,19-,20-/m0/s1. The second kappa shape index (κ2) is 4.62. The van der Waals surface area contributed by atoms with E-state index in [2.05, 4.69) is 6.58 Å². The van der Waals surface area contributed by atoms with Crippen molar-refractivity contribution in [3.05, 3.63) is 23.8 Å². The molecule has 0 unspecified atom stereocenters. The molecule has 0 radical (unpaired) electrons. The summed E-state index contributed by atoms with van der Waals surface area (Å²) in [6, 6.07) is 0. The van der Waals surface area contributed by atoms with Crippen molar-refractivity contribution in [1.82, 2.24) is 0 Å². The molecule has 6 heteroatoms. The van der Waals surface area contributed by atoms with Gasteiger partial charge >= 0.3 is 0 Å². The van der Waals surface area contributed by atoms with E-state index in [4.69, 9.17) is 4.74 Å². The number of rotatable bonds is 0. The Kier molecular flexibility index (Phi) is 3.08. The molecule has 0 amide bonds. The van der Waals surface area contributed by atoms with Crippen LogP contribution in [0.25, 0.3) is 0 Å². The van der Waals surface area contributed by atoms with E-state index >= 15 is 0 Å². The van der Waals surface area contributed by atoms with Gasteiger partial charge in [-0.2, -0.15) is 0 Å². The second-order valence-corrected chi connectivity index (χ2v) is 9.74. The third kappa shape index (κ3) is 1.41. The zero-order valence-electron chi connectivity index (χ0n) is 15.2. The summed E-state index contributed by atoms with van der Waals surface area (Å²) in [5, 5.41) is 56.3. The molecule has 5 fully saturated rings. The zero-order valence-corrected chi connectivity index (χ0v) is 15.2. The van der Waals surface area contributed by atoms with Gasteiger partial charge in [-0.05, 0) is 35.8 Å². The molecule has 144 valence electrons. The lowest BCUT2D eigenvalue weighted by atomic mass is 9.38. The van der Waals surface area contributed by atoms with Crippen LogP contribution in [-0.4, -0.2) is 62.3 Å². The molecule has 2 heterocycles. The third-order valence-corrected chi connectivity index (χ3v) is 8.52. The largest absolute Gasteiger partial charge is 0.392 e. The predicted octanol–water partition coefficient (Wildman–Crippen LogP) is 0.0875. The van der Waals surface area contributed by atoms with Gasteiger partial charge in [0.05, 0.1) is 24.9 Å². The Morgan fingerprint density at radius 1 is 1.15 bits per heavy atom. The molecule has 0 aromatic heterocycles. The smallest absolute Gasteiger partial charge is 0.207 e. The molecule has 3 saturated carbocycles. The number of hydrogen-bond acceptors (Lipinski definition) is 6. The van der Waals surface area contributed by atoms with Gasteiger partial charge in [-0.25, -0.2) is 0 Å². The number of allylic oxidation sites excluding steroid dienone is 1.